The molecule has 0 bridgehead atoms. The number of halogens is 1. The van der Waals surface area contributed by atoms with Crippen molar-refractivity contribution in [2.45, 2.75) is 45.9 Å². The first-order valence-corrected chi connectivity index (χ1v) is 11.3. The van der Waals surface area contributed by atoms with Gasteiger partial charge >= 0.3 is 0 Å². The van der Waals surface area contributed by atoms with Gasteiger partial charge in [-0.15, -0.1) is 23.7 Å². The minimum Gasteiger partial charge on any atom is -0.385 e. The number of hydrogen-bond acceptors (Lipinski definition) is 7. The van der Waals surface area contributed by atoms with Gasteiger partial charge in [-0.2, -0.15) is 0 Å². The van der Waals surface area contributed by atoms with Crippen LogP contribution in [-0.4, -0.2) is 42.3 Å². The number of methoxy groups -OCH3 is 1. The number of sulfonamides is 1. The number of fused-ring (bicyclic) bond motifs is 1. The van der Waals surface area contributed by atoms with Crippen LogP contribution < -0.4 is 10.5 Å². The quantitative estimate of drug-likeness (QED) is 0.647. The van der Waals surface area contributed by atoms with Gasteiger partial charge in [-0.05, 0) is 31.9 Å². The minimum absolute atomic E-state index is 0. The molecule has 0 saturated heterocycles. The Kier molecular flexibility index (Phi) is 7.67. The molecular weight excluding hydrogens is 396 g/mol. The van der Waals surface area contributed by atoms with E-state index >= 15 is 0 Å². The van der Waals surface area contributed by atoms with Gasteiger partial charge in [-0.3, -0.25) is 0 Å². The highest BCUT2D eigenvalue weighted by atomic mass is 35.5. The highest BCUT2D eigenvalue weighted by molar-refractivity contribution is 7.95. The van der Waals surface area contributed by atoms with E-state index in [2.05, 4.69) is 5.32 Å². The fraction of sp³-hybridized carbons (Fsp3) is 0.692. The van der Waals surface area contributed by atoms with Crippen molar-refractivity contribution < 1.29 is 21.6 Å². The summed E-state index contributed by atoms with van der Waals surface area (Å²) in [4.78, 5) is 0. The first-order valence-electron chi connectivity index (χ1n) is 7.34. The van der Waals surface area contributed by atoms with Crippen LogP contribution in [0.4, 0.5) is 0 Å². The zero-order valence-corrected chi connectivity index (χ0v) is 16.8. The number of nitrogens with two attached hydrogens (primary N) is 1. The fourth-order valence-corrected chi connectivity index (χ4v) is 7.56. The predicted octanol–water partition coefficient (Wildman–Crippen LogP) is 1.44. The fourth-order valence-electron chi connectivity index (χ4n) is 2.81. The molecule has 11 heteroatoms. The third kappa shape index (κ3) is 4.48. The number of hydrogen-bond donors (Lipinski definition) is 2. The van der Waals surface area contributed by atoms with Crippen molar-refractivity contribution in [3.05, 3.63) is 11.6 Å². The van der Waals surface area contributed by atoms with Gasteiger partial charge in [0.1, 0.15) is 8.42 Å². The second-order valence-electron chi connectivity index (χ2n) is 5.50. The van der Waals surface area contributed by atoms with Gasteiger partial charge in [0.05, 0.1) is 5.25 Å². The van der Waals surface area contributed by atoms with E-state index in [9.17, 15) is 16.8 Å². The Hall–Kier alpha value is -0.230. The second kappa shape index (κ2) is 8.43. The molecule has 0 fully saturated rings. The summed E-state index contributed by atoms with van der Waals surface area (Å²) in [7, 11) is -5.89. The van der Waals surface area contributed by atoms with Gasteiger partial charge < -0.3 is 10.1 Å². The largest absolute Gasteiger partial charge is 0.385 e. The number of thiophene rings is 1. The molecule has 3 N–H and O–H groups in total. The summed E-state index contributed by atoms with van der Waals surface area (Å²) < 4.78 is 53.8. The molecular formula is C13H23ClN2O5S3. The summed E-state index contributed by atoms with van der Waals surface area (Å²) in [6.07, 6.45) is 1.55. The van der Waals surface area contributed by atoms with E-state index in [1.807, 2.05) is 6.92 Å². The van der Waals surface area contributed by atoms with Gasteiger partial charge in [0.15, 0.2) is 9.84 Å². The highest BCUT2D eigenvalue weighted by Crippen LogP contribution is 2.43. The monoisotopic (exact) mass is 418 g/mol. The van der Waals surface area contributed by atoms with Gasteiger partial charge in [-0.25, -0.2) is 22.0 Å². The SMILES string of the molecule is CCNC1CC(CCCOC)S(=O)(=O)c2sc(S(N)(=O)=O)cc21.Cl. The standard InChI is InChI=1S/C13H22N2O5S3.ClH/c1-3-15-11-7-9(5-4-6-20-2)22(16,17)13-10(11)8-12(21-13)23(14,18)19;/h8-9,11,15H,3-7H2,1-2H3,(H2,14,18,19);1H. The van der Waals surface area contributed by atoms with Crippen molar-refractivity contribution in [3.63, 3.8) is 0 Å². The van der Waals surface area contributed by atoms with Crippen LogP contribution in [0.2, 0.25) is 0 Å². The van der Waals surface area contributed by atoms with E-state index in [-0.39, 0.29) is 26.9 Å². The van der Waals surface area contributed by atoms with Gasteiger partial charge in [-0.1, -0.05) is 6.92 Å². The van der Waals surface area contributed by atoms with Crippen LogP contribution in [-0.2, 0) is 24.6 Å². The van der Waals surface area contributed by atoms with Crippen molar-refractivity contribution in [1.29, 1.82) is 0 Å². The van der Waals surface area contributed by atoms with Gasteiger partial charge in [0.25, 0.3) is 0 Å². The number of rotatable bonds is 7. The zero-order valence-electron chi connectivity index (χ0n) is 13.5. The Morgan fingerprint density at radius 3 is 2.67 bits per heavy atom. The Balaban J connectivity index is 0.00000288. The molecule has 1 aliphatic heterocycles. The molecule has 2 atom stereocenters. The summed E-state index contributed by atoms with van der Waals surface area (Å²) in [5, 5.41) is 7.86. The molecule has 0 radical (unpaired) electrons. The molecule has 0 aliphatic carbocycles. The summed E-state index contributed by atoms with van der Waals surface area (Å²) in [6, 6.07) is 1.21. The third-order valence-corrected chi connectivity index (χ3v) is 9.25. The lowest BCUT2D eigenvalue weighted by atomic mass is 10.0. The van der Waals surface area contributed by atoms with E-state index in [0.29, 0.717) is 38.0 Å². The lowest BCUT2D eigenvalue weighted by Crippen LogP contribution is -2.35. The summed E-state index contributed by atoms with van der Waals surface area (Å²) in [5.74, 6) is 0. The zero-order chi connectivity index (χ0) is 17.3. The molecule has 2 rings (SSSR count). The van der Waals surface area contributed by atoms with E-state index < -0.39 is 25.1 Å². The summed E-state index contributed by atoms with van der Waals surface area (Å²) in [5.41, 5.74) is 0.517. The minimum atomic E-state index is -3.92. The molecule has 0 amide bonds. The number of nitrogens with one attached hydrogen (secondary N) is 1. The molecule has 24 heavy (non-hydrogen) atoms. The van der Waals surface area contributed by atoms with Crippen LogP contribution in [0, 0.1) is 0 Å². The molecule has 2 unspecified atom stereocenters. The Labute approximate surface area is 153 Å². The Morgan fingerprint density at radius 2 is 2.12 bits per heavy atom. The van der Waals surface area contributed by atoms with Crippen LogP contribution in [0.3, 0.4) is 0 Å². The summed E-state index contributed by atoms with van der Waals surface area (Å²) in [6.45, 7) is 3.09. The van der Waals surface area contributed by atoms with Crippen molar-refractivity contribution in [2.75, 3.05) is 20.3 Å². The lowest BCUT2D eigenvalue weighted by molar-refractivity contribution is 0.191. The van der Waals surface area contributed by atoms with Crippen molar-refractivity contribution in [1.82, 2.24) is 5.32 Å². The van der Waals surface area contributed by atoms with Crippen molar-refractivity contribution in [3.8, 4) is 0 Å². The third-order valence-electron chi connectivity index (χ3n) is 3.88. The maximum Gasteiger partial charge on any atom is 0.247 e. The Bertz CT molecular complexity index is 761. The average molecular weight is 419 g/mol. The second-order valence-corrected chi connectivity index (χ2v) is 10.8. The molecule has 1 aromatic rings. The van der Waals surface area contributed by atoms with E-state index in [1.54, 1.807) is 7.11 Å². The predicted molar refractivity (Wildman–Crippen MR) is 96.1 cm³/mol. The first kappa shape index (κ1) is 21.8. The molecule has 0 saturated carbocycles. The maximum atomic E-state index is 12.8. The topological polar surface area (TPSA) is 116 Å². The van der Waals surface area contributed by atoms with Crippen LogP contribution in [0.25, 0.3) is 0 Å². The highest BCUT2D eigenvalue weighted by Gasteiger charge is 2.41. The normalized spacial score (nSPS) is 22.6. The van der Waals surface area contributed by atoms with Crippen LogP contribution in [0.1, 0.15) is 37.8 Å². The molecule has 1 aromatic heterocycles. The number of ether oxygens (including phenoxy) is 1. The molecule has 0 spiro atoms. The van der Waals surface area contributed by atoms with Crippen molar-refractivity contribution >= 4 is 43.6 Å². The molecule has 0 aromatic carbocycles. The van der Waals surface area contributed by atoms with E-state index in [4.69, 9.17) is 9.88 Å². The van der Waals surface area contributed by atoms with Gasteiger partial charge in [0.2, 0.25) is 10.0 Å². The maximum absolute atomic E-state index is 12.8. The van der Waals surface area contributed by atoms with Crippen LogP contribution >= 0.6 is 23.7 Å². The Morgan fingerprint density at radius 1 is 1.46 bits per heavy atom. The first-order chi connectivity index (χ1) is 10.7. The average Bonchev–Trinajstić information content (AvgIpc) is 2.90. The number of primary sulfonamides is 1. The lowest BCUT2D eigenvalue weighted by Gasteiger charge is -2.29. The molecule has 2 heterocycles. The van der Waals surface area contributed by atoms with Crippen LogP contribution in [0.5, 0.6) is 0 Å². The van der Waals surface area contributed by atoms with Crippen LogP contribution in [0.15, 0.2) is 14.5 Å². The van der Waals surface area contributed by atoms with E-state index in [1.165, 1.54) is 6.07 Å². The molecule has 140 valence electrons. The molecule has 1 aliphatic rings. The molecule has 7 nitrogen and oxygen atoms in total. The van der Waals surface area contributed by atoms with Crippen molar-refractivity contribution in [2.24, 2.45) is 5.14 Å². The van der Waals surface area contributed by atoms with E-state index in [0.717, 1.165) is 11.3 Å². The summed E-state index contributed by atoms with van der Waals surface area (Å²) >= 11 is 0.750. The smallest absolute Gasteiger partial charge is 0.247 e. The number of sulfone groups is 1. The van der Waals surface area contributed by atoms with Gasteiger partial charge in [0, 0.05) is 25.3 Å².